The van der Waals surface area contributed by atoms with Crippen LogP contribution < -0.4 is 5.56 Å². The van der Waals surface area contributed by atoms with Gasteiger partial charge in [-0.3, -0.25) is 4.79 Å². The molecular weight excluding hydrogens is 142 g/mol. The summed E-state index contributed by atoms with van der Waals surface area (Å²) < 4.78 is 1.81. The summed E-state index contributed by atoms with van der Waals surface area (Å²) in [6.07, 6.45) is 3.22. The van der Waals surface area contributed by atoms with E-state index < -0.39 is 0 Å². The van der Waals surface area contributed by atoms with Crippen molar-refractivity contribution in [3.05, 3.63) is 28.9 Å². The van der Waals surface area contributed by atoms with E-state index >= 15 is 0 Å². The Labute approximate surface area is 62.5 Å². The van der Waals surface area contributed by atoms with Crippen molar-refractivity contribution >= 4 is 11.0 Å². The Morgan fingerprint density at radius 1 is 1.64 bits per heavy atom. The molecule has 0 spiro atoms. The van der Waals surface area contributed by atoms with E-state index in [4.69, 9.17) is 0 Å². The Morgan fingerprint density at radius 2 is 2.45 bits per heavy atom. The molecule has 0 aliphatic carbocycles. The normalized spacial score (nSPS) is 10.6. The van der Waals surface area contributed by atoms with Gasteiger partial charge in [0, 0.05) is 13.2 Å². The Morgan fingerprint density at radius 3 is 3.18 bits per heavy atom. The summed E-state index contributed by atoms with van der Waals surface area (Å²) in [5, 5.41) is 0.634. The highest BCUT2D eigenvalue weighted by Gasteiger charge is 2.00. The zero-order valence-corrected chi connectivity index (χ0v) is 6.03. The Bertz CT molecular complexity index is 440. The maximum atomic E-state index is 11.1. The molecule has 0 aliphatic heterocycles. The van der Waals surface area contributed by atoms with E-state index in [0.29, 0.717) is 11.0 Å². The summed E-state index contributed by atoms with van der Waals surface area (Å²) >= 11 is 0. The average Bonchev–Trinajstić information content (AvgIpc) is 2.35. The smallest absolute Gasteiger partial charge is 0.260 e. The van der Waals surface area contributed by atoms with Gasteiger partial charge < -0.3 is 9.55 Å². The summed E-state index contributed by atoms with van der Waals surface area (Å²) in [6.45, 7) is 0. The van der Waals surface area contributed by atoms with Gasteiger partial charge in [-0.05, 0) is 6.07 Å². The molecule has 2 aromatic rings. The van der Waals surface area contributed by atoms with Gasteiger partial charge in [0.15, 0.2) is 0 Å². The fourth-order valence-electron chi connectivity index (χ4n) is 1.09. The van der Waals surface area contributed by atoms with Crippen molar-refractivity contribution in [3.8, 4) is 0 Å². The highest BCUT2D eigenvalue weighted by molar-refractivity contribution is 5.74. The van der Waals surface area contributed by atoms with Crippen LogP contribution in [0.3, 0.4) is 0 Å². The molecule has 0 unspecified atom stereocenters. The SMILES string of the molecule is Cn1ccc2c(=O)[nH]cnc21. The lowest BCUT2D eigenvalue weighted by Crippen LogP contribution is -2.05. The fourth-order valence-corrected chi connectivity index (χ4v) is 1.09. The van der Waals surface area contributed by atoms with Crippen molar-refractivity contribution < 1.29 is 0 Å². The highest BCUT2D eigenvalue weighted by atomic mass is 16.1. The molecule has 0 atom stereocenters. The van der Waals surface area contributed by atoms with Gasteiger partial charge in [0.2, 0.25) is 0 Å². The van der Waals surface area contributed by atoms with Crippen LogP contribution in [0.4, 0.5) is 0 Å². The monoisotopic (exact) mass is 149 g/mol. The average molecular weight is 149 g/mol. The summed E-state index contributed by atoms with van der Waals surface area (Å²) in [5.74, 6) is 0. The molecule has 0 aromatic carbocycles. The number of aromatic amines is 1. The lowest BCUT2D eigenvalue weighted by Gasteiger charge is -1.91. The molecule has 0 fully saturated rings. The summed E-state index contributed by atoms with van der Waals surface area (Å²) in [6, 6.07) is 1.75. The minimum Gasteiger partial charge on any atom is -0.335 e. The van der Waals surface area contributed by atoms with Crippen molar-refractivity contribution in [2.24, 2.45) is 7.05 Å². The van der Waals surface area contributed by atoms with E-state index in [2.05, 4.69) is 9.97 Å². The molecule has 0 saturated heterocycles. The van der Waals surface area contributed by atoms with Gasteiger partial charge in [-0.25, -0.2) is 4.98 Å². The van der Waals surface area contributed by atoms with Gasteiger partial charge in [0.1, 0.15) is 5.65 Å². The minimum atomic E-state index is -0.0874. The molecule has 0 bridgehead atoms. The van der Waals surface area contributed by atoms with E-state index in [0.717, 1.165) is 0 Å². The van der Waals surface area contributed by atoms with E-state index in [9.17, 15) is 4.79 Å². The van der Waals surface area contributed by atoms with Crippen molar-refractivity contribution in [2.75, 3.05) is 0 Å². The maximum absolute atomic E-state index is 11.1. The maximum Gasteiger partial charge on any atom is 0.260 e. The molecule has 4 nitrogen and oxygen atoms in total. The van der Waals surface area contributed by atoms with Crippen molar-refractivity contribution in [3.63, 3.8) is 0 Å². The molecule has 2 rings (SSSR count). The first-order valence-corrected chi connectivity index (χ1v) is 3.28. The van der Waals surface area contributed by atoms with Crippen LogP contribution in [0.5, 0.6) is 0 Å². The van der Waals surface area contributed by atoms with E-state index in [-0.39, 0.29) is 5.56 Å². The predicted molar refractivity (Wildman–Crippen MR) is 41.3 cm³/mol. The lowest BCUT2D eigenvalue weighted by atomic mass is 10.4. The molecule has 1 N–H and O–H groups in total. The molecule has 2 heterocycles. The number of rotatable bonds is 0. The second kappa shape index (κ2) is 1.95. The number of nitrogens with zero attached hydrogens (tertiary/aromatic N) is 2. The first kappa shape index (κ1) is 6.15. The zero-order valence-electron chi connectivity index (χ0n) is 6.03. The quantitative estimate of drug-likeness (QED) is 0.584. The molecule has 0 radical (unpaired) electrons. The van der Waals surface area contributed by atoms with Crippen LogP contribution in [0.25, 0.3) is 11.0 Å². The third-order valence-corrected chi connectivity index (χ3v) is 1.67. The molecule has 2 aromatic heterocycles. The molecule has 4 heteroatoms. The second-order valence-electron chi connectivity index (χ2n) is 2.40. The molecule has 0 saturated carbocycles. The largest absolute Gasteiger partial charge is 0.335 e. The molecule has 0 amide bonds. The topological polar surface area (TPSA) is 50.7 Å². The van der Waals surface area contributed by atoms with E-state index in [1.165, 1.54) is 6.33 Å². The number of hydrogen-bond acceptors (Lipinski definition) is 2. The number of aryl methyl sites for hydroxylation is 1. The third-order valence-electron chi connectivity index (χ3n) is 1.67. The highest BCUT2D eigenvalue weighted by Crippen LogP contribution is 2.03. The van der Waals surface area contributed by atoms with E-state index in [1.54, 1.807) is 6.07 Å². The van der Waals surface area contributed by atoms with Crippen molar-refractivity contribution in [2.45, 2.75) is 0 Å². The summed E-state index contributed by atoms with van der Waals surface area (Å²) in [7, 11) is 1.86. The van der Waals surface area contributed by atoms with Crippen LogP contribution in [0.2, 0.25) is 0 Å². The lowest BCUT2D eigenvalue weighted by molar-refractivity contribution is 0.941. The molecule has 0 aliphatic rings. The summed E-state index contributed by atoms with van der Waals surface area (Å²) in [4.78, 5) is 17.6. The number of aromatic nitrogens is 3. The van der Waals surface area contributed by atoms with Crippen molar-refractivity contribution in [1.29, 1.82) is 0 Å². The van der Waals surface area contributed by atoms with Crippen molar-refractivity contribution in [1.82, 2.24) is 14.5 Å². The minimum absolute atomic E-state index is 0.0874. The van der Waals surface area contributed by atoms with Gasteiger partial charge in [-0.2, -0.15) is 0 Å². The van der Waals surface area contributed by atoms with E-state index in [1.807, 2.05) is 17.8 Å². The molecule has 56 valence electrons. The Balaban J connectivity index is 3.06. The fraction of sp³-hybridized carbons (Fsp3) is 0.143. The van der Waals surface area contributed by atoms with Gasteiger partial charge in [0.25, 0.3) is 5.56 Å². The Hall–Kier alpha value is -1.58. The Kier molecular flexibility index (Phi) is 1.09. The number of fused-ring (bicyclic) bond motifs is 1. The first-order valence-electron chi connectivity index (χ1n) is 3.28. The number of nitrogens with one attached hydrogen (secondary N) is 1. The van der Waals surface area contributed by atoms with Crippen LogP contribution in [0.1, 0.15) is 0 Å². The van der Waals surface area contributed by atoms with Gasteiger partial charge in [-0.15, -0.1) is 0 Å². The van der Waals surface area contributed by atoms with Crippen LogP contribution >= 0.6 is 0 Å². The van der Waals surface area contributed by atoms with Crippen LogP contribution in [-0.4, -0.2) is 14.5 Å². The summed E-state index contributed by atoms with van der Waals surface area (Å²) in [5.41, 5.74) is 0.629. The first-order chi connectivity index (χ1) is 5.29. The standard InChI is InChI=1S/C7H7N3O/c1-10-3-2-5-6(10)8-4-9-7(5)11/h2-4H,1H3,(H,8,9,11). The molecular formula is C7H7N3O. The zero-order chi connectivity index (χ0) is 7.84. The van der Waals surface area contributed by atoms with Crippen LogP contribution in [0.15, 0.2) is 23.4 Å². The van der Waals surface area contributed by atoms with Crippen LogP contribution in [-0.2, 0) is 7.05 Å². The number of hydrogen-bond donors (Lipinski definition) is 1. The third kappa shape index (κ3) is 0.756. The molecule has 11 heavy (non-hydrogen) atoms. The van der Waals surface area contributed by atoms with Crippen LogP contribution in [0, 0.1) is 0 Å². The van der Waals surface area contributed by atoms with Gasteiger partial charge in [0.05, 0.1) is 11.7 Å². The number of H-pyrrole nitrogens is 1. The predicted octanol–water partition coefficient (Wildman–Crippen LogP) is 0.262. The van der Waals surface area contributed by atoms with Gasteiger partial charge in [-0.1, -0.05) is 0 Å². The second-order valence-corrected chi connectivity index (χ2v) is 2.40. The van der Waals surface area contributed by atoms with Gasteiger partial charge >= 0.3 is 0 Å².